The lowest BCUT2D eigenvalue weighted by molar-refractivity contribution is -0.192. The van der Waals surface area contributed by atoms with Gasteiger partial charge >= 0.3 is 12.1 Å². The van der Waals surface area contributed by atoms with Gasteiger partial charge in [0.15, 0.2) is 0 Å². The molecule has 2 fully saturated rings. The molecule has 0 spiro atoms. The van der Waals surface area contributed by atoms with Crippen LogP contribution in [0.2, 0.25) is 10.0 Å². The zero-order valence-electron chi connectivity index (χ0n) is 22.9. The monoisotopic (exact) mass is 656 g/mol. The minimum atomic E-state index is -5.08. The second kappa shape index (κ2) is 13.0. The van der Waals surface area contributed by atoms with E-state index in [4.69, 9.17) is 37.8 Å². The summed E-state index contributed by atoms with van der Waals surface area (Å²) in [4.78, 5) is 23.5. The van der Waals surface area contributed by atoms with E-state index in [9.17, 15) is 26.4 Å². The van der Waals surface area contributed by atoms with Crippen LogP contribution < -0.4 is 4.72 Å². The molecule has 1 heterocycles. The number of benzene rings is 2. The van der Waals surface area contributed by atoms with Gasteiger partial charge in [0.25, 0.3) is 5.91 Å². The molecule has 1 saturated carbocycles. The Labute approximate surface area is 251 Å². The number of sulfonamides is 1. The highest BCUT2D eigenvalue weighted by Gasteiger charge is 2.38. The van der Waals surface area contributed by atoms with Crippen LogP contribution in [0.3, 0.4) is 0 Å². The van der Waals surface area contributed by atoms with Gasteiger partial charge in [0.1, 0.15) is 5.82 Å². The molecule has 0 radical (unpaired) electrons. The molecule has 1 atom stereocenters. The van der Waals surface area contributed by atoms with Crippen LogP contribution in [-0.4, -0.2) is 67.5 Å². The Balaban J connectivity index is 0.000000616. The van der Waals surface area contributed by atoms with Crippen LogP contribution in [0, 0.1) is 5.82 Å². The largest absolute Gasteiger partial charge is 0.490 e. The van der Waals surface area contributed by atoms with Crippen molar-refractivity contribution in [3.63, 3.8) is 0 Å². The van der Waals surface area contributed by atoms with Crippen molar-refractivity contribution in [2.24, 2.45) is 0 Å². The second-order valence-corrected chi connectivity index (χ2v) is 13.5. The third-order valence-corrected chi connectivity index (χ3v) is 7.70. The number of carbonyl (C=O) groups excluding carboxylic acids is 1. The van der Waals surface area contributed by atoms with E-state index in [0.717, 1.165) is 35.8 Å². The molecule has 2 aromatic rings. The second-order valence-electron chi connectivity index (χ2n) is 10.9. The number of carboxylic acid groups (broad SMARTS) is 1. The lowest BCUT2D eigenvalue weighted by Crippen LogP contribution is -2.56. The lowest BCUT2D eigenvalue weighted by Gasteiger charge is -2.45. The summed E-state index contributed by atoms with van der Waals surface area (Å²) in [7, 11) is -3.80. The molecular formula is C27H30Cl2F4N2O6S. The fourth-order valence-electron chi connectivity index (χ4n) is 4.50. The molecule has 2 aromatic carbocycles. The molecule has 2 aliphatic rings. The van der Waals surface area contributed by atoms with Gasteiger partial charge in [-0.1, -0.05) is 23.2 Å². The fraction of sp³-hybridized carbons (Fsp3) is 0.481. The van der Waals surface area contributed by atoms with Crippen LogP contribution in [0.15, 0.2) is 30.3 Å². The van der Waals surface area contributed by atoms with Crippen molar-refractivity contribution in [1.29, 1.82) is 0 Å². The van der Waals surface area contributed by atoms with Crippen LogP contribution in [-0.2, 0) is 32.5 Å². The van der Waals surface area contributed by atoms with Crippen molar-refractivity contribution in [3.8, 4) is 0 Å². The number of carboxylic acids is 1. The molecule has 1 aliphatic carbocycles. The van der Waals surface area contributed by atoms with Crippen molar-refractivity contribution in [2.75, 3.05) is 19.4 Å². The van der Waals surface area contributed by atoms with Crippen molar-refractivity contribution in [2.45, 2.75) is 63.4 Å². The number of carbonyl (C=O) groups is 2. The molecule has 1 unspecified atom stereocenters. The summed E-state index contributed by atoms with van der Waals surface area (Å²) in [5, 5.41) is 8.27. The van der Waals surface area contributed by atoms with E-state index in [1.165, 1.54) is 12.1 Å². The zero-order valence-corrected chi connectivity index (χ0v) is 25.2. The van der Waals surface area contributed by atoms with Gasteiger partial charge in [0.05, 0.1) is 24.5 Å². The first-order valence-electron chi connectivity index (χ1n) is 12.7. The van der Waals surface area contributed by atoms with Crippen LogP contribution in [0.5, 0.6) is 0 Å². The highest BCUT2D eigenvalue weighted by molar-refractivity contribution is 7.89. The highest BCUT2D eigenvalue weighted by atomic mass is 35.5. The molecule has 2 N–H and O–H groups in total. The molecule has 1 aliphatic heterocycles. The van der Waals surface area contributed by atoms with Crippen LogP contribution in [0.4, 0.5) is 17.6 Å². The van der Waals surface area contributed by atoms with E-state index in [2.05, 4.69) is 18.7 Å². The van der Waals surface area contributed by atoms with Crippen LogP contribution >= 0.6 is 23.2 Å². The topological polar surface area (TPSA) is 113 Å². The average Bonchev–Trinajstić information content (AvgIpc) is 3.65. The van der Waals surface area contributed by atoms with E-state index in [1.54, 1.807) is 6.07 Å². The molecule has 0 bridgehead atoms. The van der Waals surface area contributed by atoms with Crippen molar-refractivity contribution in [1.82, 2.24) is 9.62 Å². The van der Waals surface area contributed by atoms with Crippen molar-refractivity contribution >= 4 is 45.1 Å². The summed E-state index contributed by atoms with van der Waals surface area (Å²) in [6.07, 6.45) is -1.76. The maximum atomic E-state index is 15.0. The van der Waals surface area contributed by atoms with E-state index in [1.807, 2.05) is 16.9 Å². The third kappa shape index (κ3) is 9.80. The third-order valence-electron chi connectivity index (χ3n) is 6.71. The molecule has 232 valence electrons. The Bertz CT molecular complexity index is 1430. The molecule has 1 amide bonds. The first-order chi connectivity index (χ1) is 19.2. The summed E-state index contributed by atoms with van der Waals surface area (Å²) >= 11 is 12.3. The molecule has 1 saturated heterocycles. The number of amides is 1. The van der Waals surface area contributed by atoms with E-state index in [-0.39, 0.29) is 23.1 Å². The smallest absolute Gasteiger partial charge is 0.475 e. The van der Waals surface area contributed by atoms with Gasteiger partial charge in [-0.05, 0) is 86.1 Å². The number of morpholine rings is 1. The Hall–Kier alpha value is -2.45. The SMILES string of the molecule is CC1(C)COC(Cc2cc(Cl)cc(Cl)c2)CN1Cc1cc(F)c(C(=O)NS(C)(=O)=O)cc1C1CC1.O=C(O)C(F)(F)F. The highest BCUT2D eigenvalue weighted by Crippen LogP contribution is 2.43. The number of hydrogen-bond acceptors (Lipinski definition) is 6. The standard InChI is InChI=1S/C25H29Cl2FN2O4S.C2HF3O2/c1-25(2)14-34-20(8-15-6-18(26)10-19(27)7-15)13-30(25)12-17-9-23(28)22(11-21(17)16-4-5-16)24(31)29-35(3,32)33;3-2(4,5)1(6)7/h6-7,9-11,16,20H,4-5,8,12-14H2,1-3H3,(H,29,31);(H,6,7). The zero-order chi connectivity index (χ0) is 31.6. The first-order valence-corrected chi connectivity index (χ1v) is 15.4. The van der Waals surface area contributed by atoms with E-state index in [0.29, 0.717) is 36.2 Å². The van der Waals surface area contributed by atoms with Gasteiger partial charge in [-0.25, -0.2) is 22.3 Å². The van der Waals surface area contributed by atoms with Gasteiger partial charge in [-0.3, -0.25) is 9.69 Å². The maximum Gasteiger partial charge on any atom is 0.490 e. The number of nitrogens with one attached hydrogen (secondary N) is 1. The number of ether oxygens (including phenoxy) is 1. The van der Waals surface area contributed by atoms with Gasteiger partial charge in [0, 0.05) is 28.7 Å². The Morgan fingerprint density at radius 3 is 2.19 bits per heavy atom. The number of hydrogen-bond donors (Lipinski definition) is 2. The number of nitrogens with zero attached hydrogens (tertiary/aromatic N) is 1. The van der Waals surface area contributed by atoms with Gasteiger partial charge in [-0.15, -0.1) is 0 Å². The lowest BCUT2D eigenvalue weighted by atomic mass is 9.94. The van der Waals surface area contributed by atoms with Crippen LogP contribution in [0.1, 0.15) is 59.7 Å². The van der Waals surface area contributed by atoms with Crippen LogP contribution in [0.25, 0.3) is 0 Å². The summed E-state index contributed by atoms with van der Waals surface area (Å²) in [6.45, 7) is 5.78. The Kier molecular flexibility index (Phi) is 10.6. The number of aliphatic carboxylic acids is 1. The number of rotatable bonds is 7. The van der Waals surface area contributed by atoms with Gasteiger partial charge in [0.2, 0.25) is 10.0 Å². The predicted molar refractivity (Wildman–Crippen MR) is 149 cm³/mol. The number of halogens is 6. The molecule has 15 heteroatoms. The molecule has 0 aromatic heterocycles. The predicted octanol–water partition coefficient (Wildman–Crippen LogP) is 5.55. The van der Waals surface area contributed by atoms with Crippen molar-refractivity contribution in [3.05, 3.63) is 68.4 Å². The maximum absolute atomic E-state index is 15.0. The minimum Gasteiger partial charge on any atom is -0.475 e. The summed E-state index contributed by atoms with van der Waals surface area (Å²) in [5.41, 5.74) is 2.15. The Morgan fingerprint density at radius 1 is 1.12 bits per heavy atom. The molecule has 42 heavy (non-hydrogen) atoms. The average molecular weight is 658 g/mol. The molecule has 4 rings (SSSR count). The molecular weight excluding hydrogens is 627 g/mol. The Morgan fingerprint density at radius 2 is 1.69 bits per heavy atom. The fourth-order valence-corrected chi connectivity index (χ4v) is 5.52. The summed E-state index contributed by atoms with van der Waals surface area (Å²) in [5.74, 6) is -4.21. The van der Waals surface area contributed by atoms with Gasteiger partial charge < -0.3 is 9.84 Å². The first kappa shape index (κ1) is 34.0. The normalized spacial score (nSPS) is 19.0. The van der Waals surface area contributed by atoms with Gasteiger partial charge in [-0.2, -0.15) is 13.2 Å². The van der Waals surface area contributed by atoms with Crippen molar-refractivity contribution < 1.29 is 45.4 Å². The summed E-state index contributed by atoms with van der Waals surface area (Å²) in [6, 6.07) is 8.34. The van der Waals surface area contributed by atoms with E-state index < -0.39 is 33.9 Å². The quantitative estimate of drug-likeness (QED) is 0.376. The van der Waals surface area contributed by atoms with E-state index >= 15 is 4.39 Å². The number of alkyl halides is 3. The minimum absolute atomic E-state index is 0.0911. The summed E-state index contributed by atoms with van der Waals surface area (Å²) < 4.78 is 77.7. The molecule has 8 nitrogen and oxygen atoms in total.